The van der Waals surface area contributed by atoms with Crippen LogP contribution in [0.3, 0.4) is 0 Å². The summed E-state index contributed by atoms with van der Waals surface area (Å²) >= 11 is 0. The molecule has 9 nitrogen and oxygen atoms in total. The Bertz CT molecular complexity index is 1300. The fourth-order valence-electron chi connectivity index (χ4n) is 4.73. The third kappa shape index (κ3) is 14.7. The molecular weight excluding hydrogens is 600 g/mol. The molecule has 0 N–H and O–H groups in total. The van der Waals surface area contributed by atoms with E-state index in [4.69, 9.17) is 23.7 Å². The van der Waals surface area contributed by atoms with Crippen LogP contribution < -0.4 is 0 Å². The Hall–Kier alpha value is -3.72. The number of carbonyl (C=O) groups excluding carboxylic acids is 4. The number of hydrogen-bond acceptors (Lipinski definition) is 9. The predicted molar refractivity (Wildman–Crippen MR) is 179 cm³/mol. The van der Waals surface area contributed by atoms with Gasteiger partial charge in [-0.25, -0.2) is 0 Å². The Balaban J connectivity index is 1.71. The highest BCUT2D eigenvalue weighted by Crippen LogP contribution is 2.30. The van der Waals surface area contributed by atoms with E-state index in [9.17, 15) is 19.2 Å². The van der Waals surface area contributed by atoms with Crippen LogP contribution in [0, 0.1) is 16.7 Å². The van der Waals surface area contributed by atoms with Crippen LogP contribution >= 0.6 is 0 Å². The lowest BCUT2D eigenvalue weighted by Crippen LogP contribution is -2.37. The van der Waals surface area contributed by atoms with Crippen LogP contribution in [0.15, 0.2) is 60.7 Å². The zero-order valence-corrected chi connectivity index (χ0v) is 29.7. The minimum absolute atomic E-state index is 0.0964. The fourth-order valence-corrected chi connectivity index (χ4v) is 4.73. The maximum Gasteiger partial charge on any atom is 0.312 e. The average Bonchev–Trinajstić information content (AvgIpc) is 2.98. The molecule has 0 aliphatic heterocycles. The highest BCUT2D eigenvalue weighted by molar-refractivity contribution is 5.82. The van der Waals surface area contributed by atoms with Gasteiger partial charge in [0.1, 0.15) is 18.8 Å². The monoisotopic (exact) mass is 654 g/mol. The minimum Gasteiger partial charge on any atom is -0.465 e. The topological polar surface area (TPSA) is 114 Å². The lowest BCUT2D eigenvalue weighted by Gasteiger charge is -2.31. The Morgan fingerprint density at radius 2 is 1.11 bits per heavy atom. The number of esters is 4. The van der Waals surface area contributed by atoms with Gasteiger partial charge >= 0.3 is 23.9 Å². The van der Waals surface area contributed by atoms with E-state index >= 15 is 0 Å². The molecule has 260 valence electrons. The Morgan fingerprint density at radius 1 is 0.617 bits per heavy atom. The molecular formula is C38H54O9. The van der Waals surface area contributed by atoms with Gasteiger partial charge in [0, 0.05) is 12.8 Å². The molecule has 0 amide bonds. The van der Waals surface area contributed by atoms with E-state index < -0.39 is 45.9 Å². The van der Waals surface area contributed by atoms with Crippen molar-refractivity contribution in [3.63, 3.8) is 0 Å². The van der Waals surface area contributed by atoms with Gasteiger partial charge in [0.05, 0.1) is 42.0 Å². The van der Waals surface area contributed by atoms with Crippen molar-refractivity contribution in [1.82, 2.24) is 0 Å². The molecule has 2 rings (SSSR count). The van der Waals surface area contributed by atoms with Crippen molar-refractivity contribution in [2.24, 2.45) is 16.7 Å². The predicted octanol–water partition coefficient (Wildman–Crippen LogP) is 7.38. The summed E-state index contributed by atoms with van der Waals surface area (Å²) in [7, 11) is 0. The van der Waals surface area contributed by atoms with E-state index in [1.54, 1.807) is 34.6 Å². The molecule has 1 atom stereocenters. The first kappa shape index (κ1) is 39.5. The molecule has 2 aromatic rings. The molecule has 0 aliphatic carbocycles. The van der Waals surface area contributed by atoms with Crippen molar-refractivity contribution in [3.8, 4) is 0 Å². The molecule has 47 heavy (non-hydrogen) atoms. The smallest absolute Gasteiger partial charge is 0.312 e. The zero-order chi connectivity index (χ0) is 35.3. The lowest BCUT2D eigenvalue weighted by molar-refractivity contribution is -0.167. The first-order chi connectivity index (χ1) is 21.8. The van der Waals surface area contributed by atoms with Gasteiger partial charge in [0.25, 0.3) is 0 Å². The van der Waals surface area contributed by atoms with Crippen LogP contribution in [-0.4, -0.2) is 48.3 Å². The van der Waals surface area contributed by atoms with Gasteiger partial charge in [0.2, 0.25) is 0 Å². The summed E-state index contributed by atoms with van der Waals surface area (Å²) < 4.78 is 28.2. The lowest BCUT2D eigenvalue weighted by atomic mass is 9.83. The first-order valence-electron chi connectivity index (χ1n) is 16.3. The Morgan fingerprint density at radius 3 is 1.66 bits per heavy atom. The highest BCUT2D eigenvalue weighted by atomic mass is 16.6. The highest BCUT2D eigenvalue weighted by Gasteiger charge is 2.36. The number of carbonyl (C=O) groups is 4. The summed E-state index contributed by atoms with van der Waals surface area (Å²) in [5.41, 5.74) is -1.55. The van der Waals surface area contributed by atoms with Gasteiger partial charge in [-0.05, 0) is 72.9 Å². The molecule has 0 saturated carbocycles. The van der Waals surface area contributed by atoms with Crippen molar-refractivity contribution in [2.45, 2.75) is 112 Å². The van der Waals surface area contributed by atoms with Crippen LogP contribution in [0.5, 0.6) is 0 Å². The van der Waals surface area contributed by atoms with Crippen molar-refractivity contribution in [3.05, 3.63) is 71.8 Å². The van der Waals surface area contributed by atoms with E-state index in [2.05, 4.69) is 0 Å². The summed E-state index contributed by atoms with van der Waals surface area (Å²) in [5, 5.41) is 0. The van der Waals surface area contributed by atoms with Crippen molar-refractivity contribution < 1.29 is 42.9 Å². The Labute approximate surface area is 280 Å². The number of hydrogen-bond donors (Lipinski definition) is 0. The summed E-state index contributed by atoms with van der Waals surface area (Å²) in [6, 6.07) is 18.8. The molecule has 0 heterocycles. The molecule has 0 fully saturated rings. The van der Waals surface area contributed by atoms with Crippen LogP contribution in [0.1, 0.15) is 99.1 Å². The molecule has 0 aliphatic rings. The summed E-state index contributed by atoms with van der Waals surface area (Å²) in [4.78, 5) is 50.8. The largest absolute Gasteiger partial charge is 0.465 e. The molecule has 1 unspecified atom stereocenters. The fraction of sp³-hybridized carbons (Fsp3) is 0.579. The number of rotatable bonds is 19. The third-order valence-electron chi connectivity index (χ3n) is 7.88. The molecule has 0 radical (unpaired) electrons. The second-order valence-electron chi connectivity index (χ2n) is 14.7. The van der Waals surface area contributed by atoms with Gasteiger partial charge in [-0.1, -0.05) is 67.6 Å². The molecule has 0 bridgehead atoms. The molecule has 2 aromatic carbocycles. The Kier molecular flexibility index (Phi) is 14.6. The summed E-state index contributed by atoms with van der Waals surface area (Å²) in [5.74, 6) is -2.24. The van der Waals surface area contributed by atoms with Crippen molar-refractivity contribution in [2.75, 3.05) is 13.2 Å². The van der Waals surface area contributed by atoms with E-state index in [0.717, 1.165) is 11.1 Å². The van der Waals surface area contributed by atoms with Crippen LogP contribution in [-0.2, 0) is 56.1 Å². The first-order valence-corrected chi connectivity index (χ1v) is 16.3. The van der Waals surface area contributed by atoms with Gasteiger partial charge in [-0.2, -0.15) is 0 Å². The van der Waals surface area contributed by atoms with E-state index in [-0.39, 0.29) is 38.6 Å². The molecule has 9 heteroatoms. The molecule has 0 spiro atoms. The van der Waals surface area contributed by atoms with Crippen molar-refractivity contribution in [1.29, 1.82) is 0 Å². The van der Waals surface area contributed by atoms with Crippen LogP contribution in [0.25, 0.3) is 0 Å². The molecule has 0 aromatic heterocycles. The second kappa shape index (κ2) is 17.4. The average molecular weight is 655 g/mol. The quantitative estimate of drug-likeness (QED) is 0.113. The van der Waals surface area contributed by atoms with Crippen LogP contribution in [0.4, 0.5) is 0 Å². The van der Waals surface area contributed by atoms with E-state index in [0.29, 0.717) is 19.4 Å². The summed E-state index contributed by atoms with van der Waals surface area (Å²) in [6.07, 6.45) is 1.06. The van der Waals surface area contributed by atoms with Gasteiger partial charge < -0.3 is 23.7 Å². The summed E-state index contributed by atoms with van der Waals surface area (Å²) in [6.45, 7) is 16.8. The van der Waals surface area contributed by atoms with Gasteiger partial charge in [-0.15, -0.1) is 0 Å². The number of ether oxygens (including phenoxy) is 5. The minimum atomic E-state index is -1.04. The second-order valence-corrected chi connectivity index (χ2v) is 14.7. The van der Waals surface area contributed by atoms with Gasteiger partial charge in [-0.3, -0.25) is 19.2 Å². The van der Waals surface area contributed by atoms with Crippen LogP contribution in [0.2, 0.25) is 0 Å². The zero-order valence-electron chi connectivity index (χ0n) is 29.7. The van der Waals surface area contributed by atoms with Gasteiger partial charge in [0.15, 0.2) is 0 Å². The number of benzene rings is 2. The molecule has 0 saturated heterocycles. The van der Waals surface area contributed by atoms with E-state index in [1.165, 1.54) is 0 Å². The van der Waals surface area contributed by atoms with Crippen molar-refractivity contribution >= 4 is 23.9 Å². The normalized spacial score (nSPS) is 13.0. The van der Waals surface area contributed by atoms with E-state index in [1.807, 2.05) is 88.4 Å². The maximum absolute atomic E-state index is 13.0. The standard InChI is InChI=1S/C38H54O9/c1-28(24-35(2,3)34(42)45-27-30-18-14-11-15-19-30)32(40)47-38(8,9)21-23-46-37(6,7)20-22-43-33(41)36(4,5)25-31(39)44-26-29-16-12-10-13-17-29/h10-19,28H,20-27H2,1-9H3. The third-order valence-corrected chi connectivity index (χ3v) is 7.88. The maximum atomic E-state index is 13.0. The SMILES string of the molecule is CC(CC(C)(C)C(=O)OCc1ccccc1)C(=O)OC(C)(C)CCOC(C)(C)CCOC(=O)C(C)(C)CC(=O)OCc1ccccc1.